The highest BCUT2D eigenvalue weighted by Gasteiger charge is 2.20. The second-order valence-electron chi connectivity index (χ2n) is 4.98. The van der Waals surface area contributed by atoms with Gasteiger partial charge >= 0.3 is 0 Å². The lowest BCUT2D eigenvalue weighted by Gasteiger charge is -2.09. The highest BCUT2D eigenvalue weighted by atomic mass is 15.1. The van der Waals surface area contributed by atoms with Crippen LogP contribution in [0.1, 0.15) is 12.1 Å². The summed E-state index contributed by atoms with van der Waals surface area (Å²) in [5, 5.41) is 6.81. The summed E-state index contributed by atoms with van der Waals surface area (Å²) < 4.78 is 0. The molecule has 0 aliphatic carbocycles. The average Bonchev–Trinajstić information content (AvgIpc) is 3.02. The Hall–Kier alpha value is -1.75. The van der Waals surface area contributed by atoms with Gasteiger partial charge in [-0.2, -0.15) is 5.10 Å². The fourth-order valence-corrected chi connectivity index (χ4v) is 2.49. The van der Waals surface area contributed by atoms with Gasteiger partial charge in [-0.3, -0.25) is 15.1 Å². The molecule has 94 valence electrons. The Morgan fingerprint density at radius 2 is 2.33 bits per heavy atom. The summed E-state index contributed by atoms with van der Waals surface area (Å²) in [4.78, 5) is 11.3. The van der Waals surface area contributed by atoms with E-state index < -0.39 is 0 Å². The standard InChI is InChI=1S/C13H17N5/c1-18-5-3-10(9-18)6-11-7-15-13(8-14-11)12-2-4-16-17-12/h2,4,7-8,10H,3,5-6,9H2,1H3,(H,16,17). The van der Waals surface area contributed by atoms with Crippen LogP contribution in [0.15, 0.2) is 24.7 Å². The Balaban J connectivity index is 1.68. The lowest BCUT2D eigenvalue weighted by molar-refractivity contribution is 0.393. The maximum atomic E-state index is 4.49. The number of hydrogen-bond acceptors (Lipinski definition) is 4. The van der Waals surface area contributed by atoms with Crippen molar-refractivity contribution in [3.05, 3.63) is 30.4 Å². The van der Waals surface area contributed by atoms with Gasteiger partial charge in [-0.05, 0) is 38.4 Å². The molecule has 0 bridgehead atoms. The Labute approximate surface area is 106 Å². The summed E-state index contributed by atoms with van der Waals surface area (Å²) >= 11 is 0. The Bertz CT molecular complexity index is 491. The van der Waals surface area contributed by atoms with Crippen LogP contribution in [-0.2, 0) is 6.42 Å². The average molecular weight is 243 g/mol. The van der Waals surface area contributed by atoms with Crippen molar-refractivity contribution in [3.63, 3.8) is 0 Å². The number of likely N-dealkylation sites (tertiary alicyclic amines) is 1. The maximum Gasteiger partial charge on any atom is 0.106 e. The van der Waals surface area contributed by atoms with Crippen molar-refractivity contribution in [2.24, 2.45) is 5.92 Å². The van der Waals surface area contributed by atoms with Crippen LogP contribution < -0.4 is 0 Å². The zero-order valence-electron chi connectivity index (χ0n) is 10.5. The molecule has 1 fully saturated rings. The Morgan fingerprint density at radius 1 is 1.39 bits per heavy atom. The molecule has 3 heterocycles. The van der Waals surface area contributed by atoms with Gasteiger partial charge in [0.1, 0.15) is 5.69 Å². The molecule has 0 amide bonds. The van der Waals surface area contributed by atoms with Crippen LogP contribution in [0.5, 0.6) is 0 Å². The summed E-state index contributed by atoms with van der Waals surface area (Å²) in [7, 11) is 2.17. The molecular weight excluding hydrogens is 226 g/mol. The molecule has 3 rings (SSSR count). The number of hydrogen-bond donors (Lipinski definition) is 1. The van der Waals surface area contributed by atoms with Gasteiger partial charge in [-0.1, -0.05) is 0 Å². The number of aromatic amines is 1. The second kappa shape index (κ2) is 4.86. The van der Waals surface area contributed by atoms with E-state index >= 15 is 0 Å². The third kappa shape index (κ3) is 2.41. The first-order chi connectivity index (χ1) is 8.81. The summed E-state index contributed by atoms with van der Waals surface area (Å²) in [6.07, 6.45) is 7.72. The van der Waals surface area contributed by atoms with Crippen molar-refractivity contribution in [2.75, 3.05) is 20.1 Å². The number of nitrogens with zero attached hydrogens (tertiary/aromatic N) is 4. The molecule has 0 radical (unpaired) electrons. The van der Waals surface area contributed by atoms with Crippen LogP contribution in [0.25, 0.3) is 11.4 Å². The van der Waals surface area contributed by atoms with Crippen molar-refractivity contribution >= 4 is 0 Å². The highest BCUT2D eigenvalue weighted by Crippen LogP contribution is 2.19. The third-order valence-electron chi connectivity index (χ3n) is 3.47. The van der Waals surface area contributed by atoms with Gasteiger partial charge < -0.3 is 4.90 Å². The number of aromatic nitrogens is 4. The Morgan fingerprint density at radius 3 is 2.94 bits per heavy atom. The first-order valence-electron chi connectivity index (χ1n) is 6.30. The van der Waals surface area contributed by atoms with Gasteiger partial charge in [-0.15, -0.1) is 0 Å². The van der Waals surface area contributed by atoms with E-state index in [0.717, 1.165) is 29.4 Å². The van der Waals surface area contributed by atoms with E-state index in [1.165, 1.54) is 19.5 Å². The largest absolute Gasteiger partial charge is 0.306 e. The zero-order chi connectivity index (χ0) is 12.4. The first kappa shape index (κ1) is 11.3. The van der Waals surface area contributed by atoms with Gasteiger partial charge in [0, 0.05) is 18.9 Å². The first-order valence-corrected chi connectivity index (χ1v) is 6.30. The molecule has 1 aliphatic heterocycles. The molecule has 18 heavy (non-hydrogen) atoms. The van der Waals surface area contributed by atoms with E-state index in [-0.39, 0.29) is 0 Å². The second-order valence-corrected chi connectivity index (χ2v) is 4.98. The van der Waals surface area contributed by atoms with Crippen molar-refractivity contribution in [2.45, 2.75) is 12.8 Å². The minimum Gasteiger partial charge on any atom is -0.306 e. The van der Waals surface area contributed by atoms with Gasteiger partial charge in [0.05, 0.1) is 17.6 Å². The molecule has 0 saturated carbocycles. The Kier molecular flexibility index (Phi) is 3.06. The number of nitrogens with one attached hydrogen (secondary N) is 1. The smallest absolute Gasteiger partial charge is 0.106 e. The summed E-state index contributed by atoms with van der Waals surface area (Å²) in [6, 6.07) is 1.90. The molecule has 0 aromatic carbocycles. The van der Waals surface area contributed by atoms with Crippen LogP contribution >= 0.6 is 0 Å². The monoisotopic (exact) mass is 243 g/mol. The minimum absolute atomic E-state index is 0.724. The van der Waals surface area contributed by atoms with E-state index in [2.05, 4.69) is 32.1 Å². The van der Waals surface area contributed by atoms with Crippen molar-refractivity contribution < 1.29 is 0 Å². The fourth-order valence-electron chi connectivity index (χ4n) is 2.49. The number of H-pyrrole nitrogens is 1. The molecule has 5 nitrogen and oxygen atoms in total. The van der Waals surface area contributed by atoms with Crippen molar-refractivity contribution in [3.8, 4) is 11.4 Å². The van der Waals surface area contributed by atoms with Gasteiger partial charge in [-0.25, -0.2) is 0 Å². The summed E-state index contributed by atoms with van der Waals surface area (Å²) in [5.41, 5.74) is 2.84. The van der Waals surface area contributed by atoms with Crippen LogP contribution in [-0.4, -0.2) is 45.2 Å². The number of rotatable bonds is 3. The lowest BCUT2D eigenvalue weighted by Crippen LogP contribution is -2.15. The molecule has 5 heteroatoms. The molecule has 1 aliphatic rings. The lowest BCUT2D eigenvalue weighted by atomic mass is 10.0. The maximum absolute atomic E-state index is 4.49. The van der Waals surface area contributed by atoms with Crippen LogP contribution in [0.3, 0.4) is 0 Å². The fraction of sp³-hybridized carbons (Fsp3) is 0.462. The molecular formula is C13H17N5. The van der Waals surface area contributed by atoms with Gasteiger partial charge in [0.15, 0.2) is 0 Å². The quantitative estimate of drug-likeness (QED) is 0.884. The predicted octanol–water partition coefficient (Wildman–Crippen LogP) is 1.36. The molecule has 1 saturated heterocycles. The van der Waals surface area contributed by atoms with E-state index in [9.17, 15) is 0 Å². The highest BCUT2D eigenvalue weighted by molar-refractivity contribution is 5.51. The summed E-state index contributed by atoms with van der Waals surface area (Å²) in [6.45, 7) is 2.37. The summed E-state index contributed by atoms with van der Waals surface area (Å²) in [5.74, 6) is 0.724. The molecule has 1 N–H and O–H groups in total. The van der Waals surface area contributed by atoms with Gasteiger partial charge in [0.2, 0.25) is 0 Å². The topological polar surface area (TPSA) is 57.7 Å². The zero-order valence-corrected chi connectivity index (χ0v) is 10.5. The minimum atomic E-state index is 0.724. The SMILES string of the molecule is CN1CCC(Cc2cnc(-c3ccn[nH]3)cn2)C1. The molecule has 2 aromatic heterocycles. The van der Waals surface area contributed by atoms with Crippen LogP contribution in [0.4, 0.5) is 0 Å². The molecule has 0 spiro atoms. The van der Waals surface area contributed by atoms with E-state index in [1.807, 2.05) is 18.5 Å². The van der Waals surface area contributed by atoms with Crippen molar-refractivity contribution in [1.29, 1.82) is 0 Å². The third-order valence-corrected chi connectivity index (χ3v) is 3.47. The normalized spacial score (nSPS) is 20.4. The van der Waals surface area contributed by atoms with E-state index in [4.69, 9.17) is 0 Å². The van der Waals surface area contributed by atoms with Crippen LogP contribution in [0, 0.1) is 5.92 Å². The predicted molar refractivity (Wildman–Crippen MR) is 68.9 cm³/mol. The van der Waals surface area contributed by atoms with E-state index in [0.29, 0.717) is 0 Å². The van der Waals surface area contributed by atoms with Gasteiger partial charge in [0.25, 0.3) is 0 Å². The molecule has 1 unspecified atom stereocenters. The van der Waals surface area contributed by atoms with Crippen LogP contribution in [0.2, 0.25) is 0 Å². The molecule has 1 atom stereocenters. The van der Waals surface area contributed by atoms with Crippen molar-refractivity contribution in [1.82, 2.24) is 25.1 Å². The molecule has 2 aromatic rings. The van der Waals surface area contributed by atoms with E-state index in [1.54, 1.807) is 6.20 Å².